The predicted molar refractivity (Wildman–Crippen MR) is 91.3 cm³/mol. The number of hydrogen-bond donors (Lipinski definition) is 2. The summed E-state index contributed by atoms with van der Waals surface area (Å²) in [6.45, 7) is 10.4. The molecule has 8 nitrogen and oxygen atoms in total. The van der Waals surface area contributed by atoms with E-state index in [0.717, 1.165) is 45.1 Å². The smallest absolute Gasteiger partial charge is 0.234 e. The maximum atomic E-state index is 11.9. The van der Waals surface area contributed by atoms with Gasteiger partial charge in [0.15, 0.2) is 0 Å². The molecule has 1 aromatic heterocycles. The van der Waals surface area contributed by atoms with Gasteiger partial charge in [0.05, 0.1) is 13.1 Å². The topological polar surface area (TPSA) is 82.5 Å². The molecular weight excluding hydrogens is 308 g/mol. The van der Waals surface area contributed by atoms with Crippen molar-refractivity contribution in [1.29, 1.82) is 0 Å². The van der Waals surface area contributed by atoms with Gasteiger partial charge in [0.25, 0.3) is 0 Å². The van der Waals surface area contributed by atoms with Crippen molar-refractivity contribution >= 4 is 11.8 Å². The van der Waals surface area contributed by atoms with Crippen LogP contribution in [-0.4, -0.2) is 77.0 Å². The summed E-state index contributed by atoms with van der Waals surface area (Å²) < 4.78 is 2.16. The first kappa shape index (κ1) is 18.4. The summed E-state index contributed by atoms with van der Waals surface area (Å²) in [6, 6.07) is 0. The lowest BCUT2D eigenvalue weighted by atomic mass is 10.3. The Hall–Kier alpha value is -1.93. The van der Waals surface area contributed by atoms with Gasteiger partial charge >= 0.3 is 0 Å². The van der Waals surface area contributed by atoms with Crippen molar-refractivity contribution in [2.75, 3.05) is 45.8 Å². The lowest BCUT2D eigenvalue weighted by Gasteiger charge is -2.34. The molecule has 24 heavy (non-hydrogen) atoms. The summed E-state index contributed by atoms with van der Waals surface area (Å²) in [4.78, 5) is 31.6. The zero-order valence-electron chi connectivity index (χ0n) is 14.6. The highest BCUT2D eigenvalue weighted by molar-refractivity contribution is 5.78. The van der Waals surface area contributed by atoms with Gasteiger partial charge in [-0.3, -0.25) is 19.4 Å². The summed E-state index contributed by atoms with van der Waals surface area (Å²) >= 11 is 0. The van der Waals surface area contributed by atoms with Crippen LogP contribution in [0.2, 0.25) is 0 Å². The number of aromatic nitrogens is 2. The highest BCUT2D eigenvalue weighted by Gasteiger charge is 2.19. The Kier molecular flexibility index (Phi) is 7.20. The summed E-state index contributed by atoms with van der Waals surface area (Å²) in [5.41, 5.74) is 0. The first-order chi connectivity index (χ1) is 11.6. The molecule has 0 bridgehead atoms. The highest BCUT2D eigenvalue weighted by Crippen LogP contribution is 2.07. The number of carbonyl (C=O) groups excluding carboxylic acids is 2. The zero-order valence-corrected chi connectivity index (χ0v) is 14.6. The maximum Gasteiger partial charge on any atom is 0.234 e. The van der Waals surface area contributed by atoms with Crippen LogP contribution < -0.4 is 10.6 Å². The Bertz CT molecular complexity index is 536. The van der Waals surface area contributed by atoms with E-state index in [1.165, 1.54) is 6.92 Å². The molecule has 2 rings (SSSR count). The van der Waals surface area contributed by atoms with Crippen molar-refractivity contribution in [3.8, 4) is 0 Å². The van der Waals surface area contributed by atoms with E-state index < -0.39 is 0 Å². The highest BCUT2D eigenvalue weighted by atomic mass is 16.2. The van der Waals surface area contributed by atoms with Gasteiger partial charge in [-0.2, -0.15) is 0 Å². The molecule has 1 aromatic rings. The van der Waals surface area contributed by atoms with Crippen molar-refractivity contribution in [2.24, 2.45) is 0 Å². The largest absolute Gasteiger partial charge is 0.355 e. The van der Waals surface area contributed by atoms with Crippen molar-refractivity contribution in [3.63, 3.8) is 0 Å². The van der Waals surface area contributed by atoms with Crippen LogP contribution in [0, 0.1) is 0 Å². The van der Waals surface area contributed by atoms with Gasteiger partial charge in [-0.25, -0.2) is 4.98 Å². The number of rotatable bonds is 8. The van der Waals surface area contributed by atoms with Crippen LogP contribution in [0.1, 0.15) is 19.7 Å². The van der Waals surface area contributed by atoms with Crippen molar-refractivity contribution in [3.05, 3.63) is 18.2 Å². The monoisotopic (exact) mass is 336 g/mol. The summed E-state index contributed by atoms with van der Waals surface area (Å²) in [6.07, 6.45) is 3.86. The average Bonchev–Trinajstić information content (AvgIpc) is 3.00. The Morgan fingerprint density at radius 2 is 1.79 bits per heavy atom. The molecular formula is C16H28N6O2. The minimum atomic E-state index is -0.0796. The van der Waals surface area contributed by atoms with Crippen molar-refractivity contribution in [1.82, 2.24) is 30.0 Å². The minimum Gasteiger partial charge on any atom is -0.355 e. The fourth-order valence-electron chi connectivity index (χ4n) is 2.78. The van der Waals surface area contributed by atoms with Crippen LogP contribution in [-0.2, 0) is 22.7 Å². The van der Waals surface area contributed by atoms with Gasteiger partial charge in [0, 0.05) is 65.1 Å². The number of carbonyl (C=O) groups is 2. The van der Waals surface area contributed by atoms with Crippen LogP contribution in [0.15, 0.2) is 12.4 Å². The van der Waals surface area contributed by atoms with E-state index in [1.807, 2.05) is 12.4 Å². The van der Waals surface area contributed by atoms with Gasteiger partial charge in [-0.1, -0.05) is 0 Å². The number of hydrogen-bond acceptors (Lipinski definition) is 5. The van der Waals surface area contributed by atoms with Gasteiger partial charge in [-0.05, 0) is 6.92 Å². The number of amides is 2. The van der Waals surface area contributed by atoms with E-state index in [4.69, 9.17) is 0 Å². The fraction of sp³-hybridized carbons (Fsp3) is 0.688. The van der Waals surface area contributed by atoms with E-state index in [0.29, 0.717) is 19.6 Å². The fourth-order valence-corrected chi connectivity index (χ4v) is 2.78. The molecule has 2 heterocycles. The third kappa shape index (κ3) is 5.93. The zero-order chi connectivity index (χ0) is 17.4. The van der Waals surface area contributed by atoms with Crippen molar-refractivity contribution in [2.45, 2.75) is 26.9 Å². The van der Waals surface area contributed by atoms with Crippen LogP contribution in [0.5, 0.6) is 0 Å². The molecule has 0 atom stereocenters. The van der Waals surface area contributed by atoms with Crippen LogP contribution in [0.3, 0.4) is 0 Å². The number of aryl methyl sites for hydroxylation is 1. The van der Waals surface area contributed by atoms with E-state index in [9.17, 15) is 9.59 Å². The number of nitrogens with one attached hydrogen (secondary N) is 2. The molecule has 1 fully saturated rings. The lowest BCUT2D eigenvalue weighted by Crippen LogP contribution is -2.49. The minimum absolute atomic E-state index is 0.00956. The summed E-state index contributed by atoms with van der Waals surface area (Å²) in [5, 5.41) is 5.48. The Morgan fingerprint density at radius 1 is 1.12 bits per heavy atom. The molecule has 0 saturated carbocycles. The second-order valence-corrected chi connectivity index (χ2v) is 6.01. The standard InChI is InChI=1S/C16H28N6O2/c1-3-22-7-6-18-15(22)12-20-8-10-21(11-9-20)13-16(24)19-5-4-17-14(2)23/h6-7H,3-5,8-13H2,1-2H3,(H,17,23)(H,19,24). The first-order valence-corrected chi connectivity index (χ1v) is 8.54. The molecule has 2 amide bonds. The number of nitrogens with zero attached hydrogens (tertiary/aromatic N) is 4. The number of piperazine rings is 1. The number of imidazole rings is 1. The molecule has 134 valence electrons. The lowest BCUT2D eigenvalue weighted by molar-refractivity contribution is -0.123. The molecule has 0 radical (unpaired) electrons. The van der Waals surface area contributed by atoms with E-state index >= 15 is 0 Å². The van der Waals surface area contributed by atoms with Crippen molar-refractivity contribution < 1.29 is 9.59 Å². The second kappa shape index (κ2) is 9.39. The summed E-state index contributed by atoms with van der Waals surface area (Å²) in [5.74, 6) is 1.03. The Balaban J connectivity index is 1.63. The van der Waals surface area contributed by atoms with E-state index in [-0.39, 0.29) is 11.8 Å². The molecule has 1 aliphatic rings. The molecule has 0 aliphatic carbocycles. The molecule has 1 aliphatic heterocycles. The van der Waals surface area contributed by atoms with Crippen LogP contribution in [0.25, 0.3) is 0 Å². The van der Waals surface area contributed by atoms with E-state index in [1.54, 1.807) is 0 Å². The quantitative estimate of drug-likeness (QED) is 0.612. The third-order valence-electron chi connectivity index (χ3n) is 4.16. The molecule has 2 N–H and O–H groups in total. The molecule has 0 aromatic carbocycles. The predicted octanol–water partition coefficient (Wildman–Crippen LogP) is -0.727. The van der Waals surface area contributed by atoms with Crippen LogP contribution in [0.4, 0.5) is 0 Å². The molecule has 0 unspecified atom stereocenters. The van der Waals surface area contributed by atoms with Gasteiger partial charge < -0.3 is 15.2 Å². The molecule has 1 saturated heterocycles. The summed E-state index contributed by atoms with van der Waals surface area (Å²) in [7, 11) is 0. The van der Waals surface area contributed by atoms with Gasteiger partial charge in [0.2, 0.25) is 11.8 Å². The SMILES string of the molecule is CCn1ccnc1CN1CCN(CC(=O)NCCNC(C)=O)CC1. The normalized spacial score (nSPS) is 16.1. The molecule has 8 heteroatoms. The maximum absolute atomic E-state index is 11.9. The average molecular weight is 336 g/mol. The second-order valence-electron chi connectivity index (χ2n) is 6.01. The van der Waals surface area contributed by atoms with Gasteiger partial charge in [-0.15, -0.1) is 0 Å². The first-order valence-electron chi connectivity index (χ1n) is 8.54. The van der Waals surface area contributed by atoms with E-state index in [2.05, 4.69) is 36.9 Å². The van der Waals surface area contributed by atoms with Gasteiger partial charge in [0.1, 0.15) is 5.82 Å². The van der Waals surface area contributed by atoms with Crippen LogP contribution >= 0.6 is 0 Å². The third-order valence-corrected chi connectivity index (χ3v) is 4.16. The Morgan fingerprint density at radius 3 is 2.46 bits per heavy atom. The Labute approximate surface area is 143 Å². The molecule has 0 spiro atoms.